The standard InChI is InChI=1S/C17H17Cl2N3O2/c1-11-3-5-13(10-20-11)21-17(23)8-7-16(22-24-2)12-4-6-14(18)15(19)9-12/h3-6,9-10H,7-8H2,1-2H3,(H,21,23)/b22-16-. The number of pyridine rings is 1. The topological polar surface area (TPSA) is 63.6 Å². The van der Waals surface area contributed by atoms with Crippen LogP contribution in [-0.2, 0) is 9.63 Å². The van der Waals surface area contributed by atoms with E-state index in [1.807, 2.05) is 19.1 Å². The minimum atomic E-state index is -0.135. The molecule has 2 aromatic rings. The van der Waals surface area contributed by atoms with Crippen LogP contribution in [0, 0.1) is 6.92 Å². The van der Waals surface area contributed by atoms with Gasteiger partial charge < -0.3 is 10.2 Å². The van der Waals surface area contributed by atoms with Crippen molar-refractivity contribution in [3.05, 3.63) is 57.8 Å². The zero-order valence-electron chi connectivity index (χ0n) is 13.3. The summed E-state index contributed by atoms with van der Waals surface area (Å²) in [7, 11) is 1.45. The Balaban J connectivity index is 2.00. The van der Waals surface area contributed by atoms with E-state index in [0.29, 0.717) is 27.9 Å². The summed E-state index contributed by atoms with van der Waals surface area (Å²) in [6, 6.07) is 8.81. The Morgan fingerprint density at radius 2 is 2.00 bits per heavy atom. The summed E-state index contributed by atoms with van der Waals surface area (Å²) in [5.41, 5.74) is 2.93. The first-order chi connectivity index (χ1) is 11.5. The molecule has 0 bridgehead atoms. The van der Waals surface area contributed by atoms with Crippen molar-refractivity contribution in [2.24, 2.45) is 5.16 Å². The molecule has 1 heterocycles. The van der Waals surface area contributed by atoms with E-state index in [1.165, 1.54) is 7.11 Å². The summed E-state index contributed by atoms with van der Waals surface area (Å²) in [5, 5.41) is 7.66. The Morgan fingerprint density at radius 1 is 1.21 bits per heavy atom. The molecule has 126 valence electrons. The number of oxime groups is 1. The molecule has 1 aromatic carbocycles. The van der Waals surface area contributed by atoms with E-state index in [2.05, 4.69) is 15.5 Å². The van der Waals surface area contributed by atoms with Crippen molar-refractivity contribution in [2.45, 2.75) is 19.8 Å². The third kappa shape index (κ3) is 5.22. The second-order valence-electron chi connectivity index (χ2n) is 5.09. The van der Waals surface area contributed by atoms with E-state index < -0.39 is 0 Å². The fourth-order valence-corrected chi connectivity index (χ4v) is 2.32. The number of anilines is 1. The first kappa shape index (κ1) is 18.2. The molecule has 1 amide bonds. The largest absolute Gasteiger partial charge is 0.399 e. The quantitative estimate of drug-likeness (QED) is 0.606. The van der Waals surface area contributed by atoms with Gasteiger partial charge in [-0.25, -0.2) is 0 Å². The zero-order valence-corrected chi connectivity index (χ0v) is 14.9. The van der Waals surface area contributed by atoms with Crippen LogP contribution in [0.2, 0.25) is 10.0 Å². The second-order valence-corrected chi connectivity index (χ2v) is 5.90. The molecule has 0 unspecified atom stereocenters. The number of carbonyl (C=O) groups is 1. The maximum Gasteiger partial charge on any atom is 0.224 e. The van der Waals surface area contributed by atoms with Crippen LogP contribution >= 0.6 is 23.2 Å². The van der Waals surface area contributed by atoms with Gasteiger partial charge in [-0.3, -0.25) is 9.78 Å². The molecule has 0 aliphatic rings. The predicted molar refractivity (Wildman–Crippen MR) is 96.8 cm³/mol. The third-order valence-electron chi connectivity index (χ3n) is 3.24. The van der Waals surface area contributed by atoms with Crippen molar-refractivity contribution in [3.8, 4) is 0 Å². The van der Waals surface area contributed by atoms with Gasteiger partial charge in [0.05, 0.1) is 27.6 Å². The average molecular weight is 366 g/mol. The number of halogens is 2. The van der Waals surface area contributed by atoms with Gasteiger partial charge in [-0.1, -0.05) is 34.4 Å². The third-order valence-corrected chi connectivity index (χ3v) is 3.98. The molecule has 0 aliphatic carbocycles. The van der Waals surface area contributed by atoms with Crippen LogP contribution in [0.5, 0.6) is 0 Å². The molecule has 0 aliphatic heterocycles. The Kier molecular flexibility index (Phi) is 6.58. The highest BCUT2D eigenvalue weighted by Crippen LogP contribution is 2.23. The van der Waals surface area contributed by atoms with Crippen LogP contribution in [0.15, 0.2) is 41.7 Å². The van der Waals surface area contributed by atoms with E-state index in [4.69, 9.17) is 28.0 Å². The lowest BCUT2D eigenvalue weighted by Crippen LogP contribution is -2.14. The number of benzene rings is 1. The lowest BCUT2D eigenvalue weighted by Gasteiger charge is -2.08. The van der Waals surface area contributed by atoms with Gasteiger partial charge in [0.1, 0.15) is 7.11 Å². The summed E-state index contributed by atoms with van der Waals surface area (Å²) < 4.78 is 0. The zero-order chi connectivity index (χ0) is 17.5. The molecule has 7 heteroatoms. The van der Waals surface area contributed by atoms with Gasteiger partial charge in [-0.15, -0.1) is 0 Å². The number of aromatic nitrogens is 1. The van der Waals surface area contributed by atoms with Crippen molar-refractivity contribution in [1.29, 1.82) is 0 Å². The Labute approximate surface area is 150 Å². The number of amides is 1. The molecule has 0 spiro atoms. The molecule has 0 saturated carbocycles. The Hall–Kier alpha value is -2.11. The molecule has 0 saturated heterocycles. The Bertz CT molecular complexity index is 746. The lowest BCUT2D eigenvalue weighted by atomic mass is 10.1. The molecule has 0 radical (unpaired) electrons. The average Bonchev–Trinajstić information content (AvgIpc) is 2.56. The second kappa shape index (κ2) is 8.66. The molecule has 2 rings (SSSR count). The van der Waals surface area contributed by atoms with Crippen molar-refractivity contribution in [2.75, 3.05) is 12.4 Å². The van der Waals surface area contributed by atoms with Crippen LogP contribution in [0.25, 0.3) is 0 Å². The van der Waals surface area contributed by atoms with Crippen LogP contribution in [0.1, 0.15) is 24.1 Å². The smallest absolute Gasteiger partial charge is 0.224 e. The summed E-state index contributed by atoms with van der Waals surface area (Å²) in [5.74, 6) is -0.135. The van der Waals surface area contributed by atoms with Crippen LogP contribution in [-0.4, -0.2) is 23.7 Å². The van der Waals surface area contributed by atoms with Gasteiger partial charge in [0.25, 0.3) is 0 Å². The van der Waals surface area contributed by atoms with Gasteiger partial charge in [-0.2, -0.15) is 0 Å². The number of carbonyl (C=O) groups excluding carboxylic acids is 1. The van der Waals surface area contributed by atoms with E-state index in [1.54, 1.807) is 24.4 Å². The highest BCUT2D eigenvalue weighted by atomic mass is 35.5. The fraction of sp³-hybridized carbons (Fsp3) is 0.235. The van der Waals surface area contributed by atoms with Gasteiger partial charge >= 0.3 is 0 Å². The molecule has 1 aromatic heterocycles. The number of aryl methyl sites for hydroxylation is 1. The van der Waals surface area contributed by atoms with Crippen molar-refractivity contribution in [3.63, 3.8) is 0 Å². The van der Waals surface area contributed by atoms with E-state index in [-0.39, 0.29) is 12.3 Å². The number of nitrogens with zero attached hydrogens (tertiary/aromatic N) is 2. The lowest BCUT2D eigenvalue weighted by molar-refractivity contribution is -0.116. The summed E-state index contributed by atoms with van der Waals surface area (Å²) in [6.45, 7) is 1.89. The number of hydrogen-bond acceptors (Lipinski definition) is 4. The minimum Gasteiger partial charge on any atom is -0.399 e. The maximum atomic E-state index is 12.1. The van der Waals surface area contributed by atoms with Crippen molar-refractivity contribution in [1.82, 2.24) is 4.98 Å². The molecule has 1 N–H and O–H groups in total. The Morgan fingerprint density at radius 3 is 2.62 bits per heavy atom. The highest BCUT2D eigenvalue weighted by molar-refractivity contribution is 6.42. The van der Waals surface area contributed by atoms with E-state index in [0.717, 1.165) is 11.3 Å². The number of rotatable bonds is 6. The molecule has 0 fully saturated rings. The molecular formula is C17H17Cl2N3O2. The molecule has 5 nitrogen and oxygen atoms in total. The van der Waals surface area contributed by atoms with Crippen molar-refractivity contribution < 1.29 is 9.63 Å². The van der Waals surface area contributed by atoms with Crippen molar-refractivity contribution >= 4 is 40.5 Å². The summed E-state index contributed by atoms with van der Waals surface area (Å²) in [6.07, 6.45) is 2.27. The van der Waals surface area contributed by atoms with Gasteiger partial charge in [0.15, 0.2) is 0 Å². The number of hydrogen-bond donors (Lipinski definition) is 1. The highest BCUT2D eigenvalue weighted by Gasteiger charge is 2.11. The monoisotopic (exact) mass is 365 g/mol. The summed E-state index contributed by atoms with van der Waals surface area (Å²) in [4.78, 5) is 21.1. The first-order valence-electron chi connectivity index (χ1n) is 7.27. The van der Waals surface area contributed by atoms with Crippen LogP contribution in [0.4, 0.5) is 5.69 Å². The minimum absolute atomic E-state index is 0.135. The van der Waals surface area contributed by atoms with Crippen LogP contribution in [0.3, 0.4) is 0 Å². The normalized spacial score (nSPS) is 11.2. The van der Waals surface area contributed by atoms with Crippen LogP contribution < -0.4 is 5.32 Å². The molecule has 0 atom stereocenters. The van der Waals surface area contributed by atoms with E-state index in [9.17, 15) is 4.79 Å². The predicted octanol–water partition coefficient (Wildman–Crippen LogP) is 4.47. The van der Waals surface area contributed by atoms with Gasteiger partial charge in [0, 0.05) is 24.1 Å². The fourth-order valence-electron chi connectivity index (χ4n) is 2.03. The van der Waals surface area contributed by atoms with Gasteiger partial charge in [-0.05, 0) is 31.2 Å². The maximum absolute atomic E-state index is 12.1. The summed E-state index contributed by atoms with van der Waals surface area (Å²) >= 11 is 11.9. The van der Waals surface area contributed by atoms with E-state index >= 15 is 0 Å². The molecular weight excluding hydrogens is 349 g/mol. The SMILES string of the molecule is CO/N=C(/CCC(=O)Nc1ccc(C)nc1)c1ccc(Cl)c(Cl)c1. The van der Waals surface area contributed by atoms with Gasteiger partial charge in [0.2, 0.25) is 5.91 Å². The first-order valence-corrected chi connectivity index (χ1v) is 8.03. The molecule has 24 heavy (non-hydrogen) atoms. The number of nitrogens with one attached hydrogen (secondary N) is 1.